The molecule has 3 nitrogen and oxygen atoms in total. The number of nitrogens with one attached hydrogen (secondary N) is 1. The molecule has 12 heavy (non-hydrogen) atoms. The highest BCUT2D eigenvalue weighted by atomic mass is 16.1. The van der Waals surface area contributed by atoms with Gasteiger partial charge in [-0.2, -0.15) is 0 Å². The van der Waals surface area contributed by atoms with Gasteiger partial charge in [-0.05, 0) is 18.9 Å². The molecule has 0 rings (SSSR count). The summed E-state index contributed by atoms with van der Waals surface area (Å²) < 4.78 is 0. The van der Waals surface area contributed by atoms with Crippen LogP contribution in [0.5, 0.6) is 0 Å². The van der Waals surface area contributed by atoms with Crippen molar-refractivity contribution in [1.29, 1.82) is 0 Å². The molecule has 3 N–H and O–H groups in total. The number of carbonyl (C=O) groups is 1. The van der Waals surface area contributed by atoms with Gasteiger partial charge in [-0.25, -0.2) is 0 Å². The van der Waals surface area contributed by atoms with Gasteiger partial charge in [0, 0.05) is 0 Å². The molecule has 0 aliphatic carbocycles. The van der Waals surface area contributed by atoms with E-state index in [1.54, 1.807) is 7.05 Å². The van der Waals surface area contributed by atoms with Crippen molar-refractivity contribution in [3.8, 4) is 0 Å². The Kier molecular flexibility index (Phi) is 4.24. The van der Waals surface area contributed by atoms with E-state index >= 15 is 0 Å². The van der Waals surface area contributed by atoms with Crippen LogP contribution >= 0.6 is 0 Å². The van der Waals surface area contributed by atoms with Gasteiger partial charge >= 0.3 is 0 Å². The summed E-state index contributed by atoms with van der Waals surface area (Å²) in [5, 5.41) is 2.95. The Balaban J connectivity index is 4.36. The van der Waals surface area contributed by atoms with Crippen molar-refractivity contribution >= 4 is 5.91 Å². The maximum absolute atomic E-state index is 11.0. The van der Waals surface area contributed by atoms with Crippen molar-refractivity contribution in [3.63, 3.8) is 0 Å². The summed E-state index contributed by atoms with van der Waals surface area (Å²) in [5.74, 6) is -0.268. The van der Waals surface area contributed by atoms with Gasteiger partial charge in [0.1, 0.15) is 0 Å². The van der Waals surface area contributed by atoms with E-state index in [-0.39, 0.29) is 17.4 Å². The van der Waals surface area contributed by atoms with Crippen LogP contribution in [-0.2, 0) is 4.79 Å². The zero-order chi connectivity index (χ0) is 9.78. The molecule has 0 radical (unpaired) electrons. The summed E-state index contributed by atoms with van der Waals surface area (Å²) in [7, 11) is 1.77. The zero-order valence-corrected chi connectivity index (χ0v) is 8.48. The lowest BCUT2D eigenvalue weighted by Gasteiger charge is -2.31. The second-order valence-electron chi connectivity index (χ2n) is 3.86. The van der Waals surface area contributed by atoms with Crippen LogP contribution in [0.15, 0.2) is 0 Å². The van der Waals surface area contributed by atoms with Crippen LogP contribution < -0.4 is 11.1 Å². The van der Waals surface area contributed by atoms with Crippen LogP contribution in [0, 0.1) is 5.41 Å². The minimum atomic E-state index is -0.268. The van der Waals surface area contributed by atoms with E-state index in [0.717, 1.165) is 12.8 Å². The van der Waals surface area contributed by atoms with Crippen molar-refractivity contribution in [2.24, 2.45) is 11.1 Å². The van der Waals surface area contributed by atoms with Crippen LogP contribution in [0.2, 0.25) is 0 Å². The Morgan fingerprint density at radius 2 is 2.08 bits per heavy atom. The Hall–Kier alpha value is -0.570. The number of nitrogens with two attached hydrogens (primary N) is 1. The molecule has 0 aromatic heterocycles. The van der Waals surface area contributed by atoms with Crippen LogP contribution in [0.1, 0.15) is 33.6 Å². The molecule has 0 aromatic rings. The topological polar surface area (TPSA) is 55.1 Å². The fourth-order valence-electron chi connectivity index (χ4n) is 1.71. The van der Waals surface area contributed by atoms with Gasteiger partial charge in [-0.15, -0.1) is 0 Å². The monoisotopic (exact) mass is 172 g/mol. The first-order valence-corrected chi connectivity index (χ1v) is 4.42. The highest BCUT2D eigenvalue weighted by molar-refractivity contribution is 5.80. The molecule has 1 unspecified atom stereocenters. The molecular weight excluding hydrogens is 152 g/mol. The molecule has 0 saturated carbocycles. The summed E-state index contributed by atoms with van der Waals surface area (Å²) >= 11 is 0. The summed E-state index contributed by atoms with van der Waals surface area (Å²) in [4.78, 5) is 11.0. The maximum atomic E-state index is 11.0. The second-order valence-corrected chi connectivity index (χ2v) is 3.86. The summed E-state index contributed by atoms with van der Waals surface area (Å²) in [6.07, 6.45) is 2.07. The van der Waals surface area contributed by atoms with E-state index in [1.165, 1.54) is 0 Å². The number of amides is 1. The summed E-state index contributed by atoms with van der Waals surface area (Å²) in [6, 6.07) is -0.225. The third-order valence-corrected chi connectivity index (χ3v) is 2.25. The van der Waals surface area contributed by atoms with Gasteiger partial charge in [0.15, 0.2) is 0 Å². The molecule has 0 aromatic carbocycles. The molecule has 0 heterocycles. The molecule has 72 valence electrons. The van der Waals surface area contributed by atoms with Crippen molar-refractivity contribution in [2.45, 2.75) is 39.7 Å². The molecule has 3 heteroatoms. The zero-order valence-electron chi connectivity index (χ0n) is 8.48. The van der Waals surface area contributed by atoms with Crippen LogP contribution in [0.25, 0.3) is 0 Å². The van der Waals surface area contributed by atoms with Gasteiger partial charge in [0.2, 0.25) is 5.91 Å². The quantitative estimate of drug-likeness (QED) is 0.647. The van der Waals surface area contributed by atoms with E-state index in [4.69, 9.17) is 5.73 Å². The van der Waals surface area contributed by atoms with Gasteiger partial charge < -0.3 is 11.1 Å². The van der Waals surface area contributed by atoms with Crippen molar-refractivity contribution in [3.05, 3.63) is 0 Å². The predicted octanol–water partition coefficient (Wildman–Crippen LogP) is 0.886. The van der Waals surface area contributed by atoms with Crippen LogP contribution in [0.3, 0.4) is 0 Å². The average Bonchev–Trinajstić information content (AvgIpc) is 1.86. The molecule has 0 saturated heterocycles. The standard InChI is InChI=1S/C9H20N2O/c1-5-6-9(2,3)7(11-4)8(10)12/h7,11H,5-6H2,1-4H3,(H2,10,12). The van der Waals surface area contributed by atoms with Crippen molar-refractivity contribution < 1.29 is 4.79 Å². The minimum absolute atomic E-state index is 0.0463. The Morgan fingerprint density at radius 3 is 2.33 bits per heavy atom. The Labute approximate surface area is 74.7 Å². The molecule has 1 atom stereocenters. The normalized spacial score (nSPS) is 14.3. The summed E-state index contributed by atoms with van der Waals surface area (Å²) in [5.41, 5.74) is 5.22. The van der Waals surface area contributed by atoms with Gasteiger partial charge in [-0.1, -0.05) is 27.2 Å². The average molecular weight is 172 g/mol. The molecule has 0 fully saturated rings. The van der Waals surface area contributed by atoms with Gasteiger partial charge in [0.25, 0.3) is 0 Å². The molecular formula is C9H20N2O. The largest absolute Gasteiger partial charge is 0.368 e. The molecule has 0 spiro atoms. The smallest absolute Gasteiger partial charge is 0.235 e. The lowest BCUT2D eigenvalue weighted by molar-refractivity contribution is -0.122. The number of likely N-dealkylation sites (N-methyl/N-ethyl adjacent to an activating group) is 1. The van der Waals surface area contributed by atoms with E-state index in [1.807, 2.05) is 0 Å². The van der Waals surface area contributed by atoms with Gasteiger partial charge in [0.05, 0.1) is 6.04 Å². The first kappa shape index (κ1) is 11.4. The minimum Gasteiger partial charge on any atom is -0.368 e. The van der Waals surface area contributed by atoms with Gasteiger partial charge in [-0.3, -0.25) is 4.79 Å². The first-order chi connectivity index (χ1) is 5.45. The molecule has 0 aliphatic heterocycles. The third kappa shape index (κ3) is 2.81. The number of hydrogen-bond acceptors (Lipinski definition) is 2. The number of hydrogen-bond donors (Lipinski definition) is 2. The first-order valence-electron chi connectivity index (χ1n) is 4.42. The van der Waals surface area contributed by atoms with Crippen LogP contribution in [0.4, 0.5) is 0 Å². The summed E-state index contributed by atoms with van der Waals surface area (Å²) in [6.45, 7) is 6.22. The number of rotatable bonds is 5. The van der Waals surface area contributed by atoms with Crippen molar-refractivity contribution in [2.75, 3.05) is 7.05 Å². The van der Waals surface area contributed by atoms with E-state index in [0.29, 0.717) is 0 Å². The van der Waals surface area contributed by atoms with E-state index < -0.39 is 0 Å². The molecule has 1 amide bonds. The predicted molar refractivity (Wildman–Crippen MR) is 50.7 cm³/mol. The SMILES string of the molecule is CCCC(C)(C)C(NC)C(N)=O. The van der Waals surface area contributed by atoms with E-state index in [9.17, 15) is 4.79 Å². The maximum Gasteiger partial charge on any atom is 0.235 e. The Bertz CT molecular complexity index is 155. The number of primary amides is 1. The van der Waals surface area contributed by atoms with Crippen molar-refractivity contribution in [1.82, 2.24) is 5.32 Å². The third-order valence-electron chi connectivity index (χ3n) is 2.25. The highest BCUT2D eigenvalue weighted by Gasteiger charge is 2.31. The Morgan fingerprint density at radius 1 is 1.58 bits per heavy atom. The second kappa shape index (κ2) is 4.45. The number of carbonyl (C=O) groups excluding carboxylic acids is 1. The molecule has 0 bridgehead atoms. The highest BCUT2D eigenvalue weighted by Crippen LogP contribution is 2.26. The lowest BCUT2D eigenvalue weighted by Crippen LogP contribution is -2.49. The fourth-order valence-corrected chi connectivity index (χ4v) is 1.71. The molecule has 0 aliphatic rings. The van der Waals surface area contributed by atoms with E-state index in [2.05, 4.69) is 26.1 Å². The fraction of sp³-hybridized carbons (Fsp3) is 0.889. The lowest BCUT2D eigenvalue weighted by atomic mass is 9.80. The van der Waals surface area contributed by atoms with Crippen LogP contribution in [-0.4, -0.2) is 19.0 Å².